The van der Waals surface area contributed by atoms with Crippen molar-refractivity contribution >= 4 is 0 Å². The van der Waals surface area contributed by atoms with Crippen molar-refractivity contribution in [2.45, 2.75) is 77.9 Å². The van der Waals surface area contributed by atoms with Crippen LogP contribution in [0.3, 0.4) is 0 Å². The van der Waals surface area contributed by atoms with Crippen LogP contribution in [0.4, 0.5) is 0 Å². The maximum atomic E-state index is 5.94. The molecule has 2 nitrogen and oxygen atoms in total. The highest BCUT2D eigenvalue weighted by atomic mass is 16.5. The molecular weight excluding hydrogens is 210 g/mol. The highest BCUT2D eigenvalue weighted by Gasteiger charge is 2.23. The Morgan fingerprint density at radius 2 is 1.88 bits per heavy atom. The van der Waals surface area contributed by atoms with Gasteiger partial charge in [0.1, 0.15) is 0 Å². The van der Waals surface area contributed by atoms with Gasteiger partial charge in [-0.05, 0) is 45.1 Å². The Labute approximate surface area is 108 Å². The standard InChI is InChI=1S/C15H31NO/c1-4-11-16-15(12-17-13(3)5-2)14-9-7-6-8-10-14/h13-16H,4-12H2,1-3H3. The molecule has 0 spiro atoms. The largest absolute Gasteiger partial charge is 0.377 e. The minimum atomic E-state index is 0.407. The molecule has 1 N–H and O–H groups in total. The number of nitrogens with one attached hydrogen (secondary N) is 1. The summed E-state index contributed by atoms with van der Waals surface area (Å²) >= 11 is 0. The van der Waals surface area contributed by atoms with Crippen LogP contribution in [0.25, 0.3) is 0 Å². The van der Waals surface area contributed by atoms with E-state index in [0.29, 0.717) is 12.1 Å². The molecule has 17 heavy (non-hydrogen) atoms. The van der Waals surface area contributed by atoms with Crippen molar-refractivity contribution in [2.75, 3.05) is 13.2 Å². The first-order valence-corrected chi connectivity index (χ1v) is 7.62. The molecular formula is C15H31NO. The molecule has 0 radical (unpaired) electrons. The van der Waals surface area contributed by atoms with Gasteiger partial charge in [0.15, 0.2) is 0 Å². The highest BCUT2D eigenvalue weighted by molar-refractivity contribution is 4.79. The second-order valence-corrected chi connectivity index (χ2v) is 5.51. The lowest BCUT2D eigenvalue weighted by Gasteiger charge is -2.31. The Kier molecular flexibility index (Phi) is 7.87. The molecule has 1 aliphatic carbocycles. The second kappa shape index (κ2) is 8.93. The zero-order chi connectivity index (χ0) is 12.5. The van der Waals surface area contributed by atoms with Gasteiger partial charge in [0, 0.05) is 6.04 Å². The first-order valence-electron chi connectivity index (χ1n) is 7.62. The summed E-state index contributed by atoms with van der Waals surface area (Å²) in [5, 5.41) is 3.69. The number of hydrogen-bond donors (Lipinski definition) is 1. The average Bonchev–Trinajstić information content (AvgIpc) is 2.39. The van der Waals surface area contributed by atoms with E-state index in [1.807, 2.05) is 0 Å². The van der Waals surface area contributed by atoms with Crippen LogP contribution < -0.4 is 5.32 Å². The molecule has 2 unspecified atom stereocenters. The lowest BCUT2D eigenvalue weighted by atomic mass is 9.84. The molecule has 1 saturated carbocycles. The fourth-order valence-electron chi connectivity index (χ4n) is 2.61. The van der Waals surface area contributed by atoms with Crippen molar-refractivity contribution in [3.63, 3.8) is 0 Å². The van der Waals surface area contributed by atoms with E-state index >= 15 is 0 Å². The summed E-state index contributed by atoms with van der Waals surface area (Å²) in [5.74, 6) is 0.847. The van der Waals surface area contributed by atoms with Gasteiger partial charge in [-0.1, -0.05) is 33.1 Å². The van der Waals surface area contributed by atoms with Gasteiger partial charge in [-0.15, -0.1) is 0 Å². The maximum absolute atomic E-state index is 5.94. The summed E-state index contributed by atoms with van der Waals surface area (Å²) in [6.07, 6.45) is 9.79. The molecule has 0 amide bonds. The summed E-state index contributed by atoms with van der Waals surface area (Å²) in [5.41, 5.74) is 0. The Bertz CT molecular complexity index is 178. The molecule has 2 heteroatoms. The van der Waals surface area contributed by atoms with Crippen molar-refractivity contribution < 1.29 is 4.74 Å². The monoisotopic (exact) mass is 241 g/mol. The molecule has 0 aromatic rings. The summed E-state index contributed by atoms with van der Waals surface area (Å²) in [4.78, 5) is 0. The van der Waals surface area contributed by atoms with Gasteiger partial charge in [-0.3, -0.25) is 0 Å². The van der Waals surface area contributed by atoms with E-state index in [0.717, 1.165) is 25.5 Å². The Morgan fingerprint density at radius 3 is 2.47 bits per heavy atom. The Morgan fingerprint density at radius 1 is 1.18 bits per heavy atom. The van der Waals surface area contributed by atoms with E-state index in [9.17, 15) is 0 Å². The zero-order valence-corrected chi connectivity index (χ0v) is 12.0. The zero-order valence-electron chi connectivity index (χ0n) is 12.0. The molecule has 1 aliphatic rings. The van der Waals surface area contributed by atoms with Crippen LogP contribution in [0.5, 0.6) is 0 Å². The first kappa shape index (κ1) is 15.0. The molecule has 1 fully saturated rings. The molecule has 1 rings (SSSR count). The fourth-order valence-corrected chi connectivity index (χ4v) is 2.61. The predicted octanol–water partition coefficient (Wildman–Crippen LogP) is 3.75. The molecule has 0 aromatic heterocycles. The van der Waals surface area contributed by atoms with Gasteiger partial charge in [-0.25, -0.2) is 0 Å². The molecule has 0 saturated heterocycles. The number of rotatable bonds is 8. The molecule has 0 aliphatic heterocycles. The topological polar surface area (TPSA) is 21.3 Å². The summed E-state index contributed by atoms with van der Waals surface area (Å²) in [7, 11) is 0. The SMILES string of the molecule is CCCNC(COC(C)CC)C1CCCCC1. The quantitative estimate of drug-likeness (QED) is 0.699. The van der Waals surface area contributed by atoms with Crippen LogP contribution >= 0.6 is 0 Å². The third-order valence-electron chi connectivity index (χ3n) is 4.01. The van der Waals surface area contributed by atoms with Crippen molar-refractivity contribution in [3.05, 3.63) is 0 Å². The van der Waals surface area contributed by atoms with E-state index in [-0.39, 0.29) is 0 Å². The summed E-state index contributed by atoms with van der Waals surface area (Å²) < 4.78 is 5.94. The normalized spacial score (nSPS) is 21.4. The van der Waals surface area contributed by atoms with E-state index in [1.165, 1.54) is 38.5 Å². The van der Waals surface area contributed by atoms with Gasteiger partial charge >= 0.3 is 0 Å². The van der Waals surface area contributed by atoms with Crippen LogP contribution in [-0.4, -0.2) is 25.3 Å². The molecule has 102 valence electrons. The van der Waals surface area contributed by atoms with Crippen LogP contribution in [-0.2, 0) is 4.74 Å². The van der Waals surface area contributed by atoms with Gasteiger partial charge < -0.3 is 10.1 Å². The van der Waals surface area contributed by atoms with Gasteiger partial charge in [0.2, 0.25) is 0 Å². The molecule has 2 atom stereocenters. The van der Waals surface area contributed by atoms with Gasteiger partial charge in [0.05, 0.1) is 12.7 Å². The molecule has 0 heterocycles. The lowest BCUT2D eigenvalue weighted by molar-refractivity contribution is 0.0313. The minimum Gasteiger partial charge on any atom is -0.377 e. The first-order chi connectivity index (χ1) is 8.27. The van der Waals surface area contributed by atoms with Gasteiger partial charge in [-0.2, -0.15) is 0 Å². The average molecular weight is 241 g/mol. The Hall–Kier alpha value is -0.0800. The van der Waals surface area contributed by atoms with Crippen LogP contribution in [0.15, 0.2) is 0 Å². The minimum absolute atomic E-state index is 0.407. The van der Waals surface area contributed by atoms with E-state index in [4.69, 9.17) is 4.74 Å². The van der Waals surface area contributed by atoms with Crippen molar-refractivity contribution in [1.82, 2.24) is 5.32 Å². The lowest BCUT2D eigenvalue weighted by Crippen LogP contribution is -2.42. The smallest absolute Gasteiger partial charge is 0.0625 e. The number of hydrogen-bond acceptors (Lipinski definition) is 2. The van der Waals surface area contributed by atoms with Crippen LogP contribution in [0.1, 0.15) is 65.7 Å². The van der Waals surface area contributed by atoms with E-state index in [2.05, 4.69) is 26.1 Å². The Balaban J connectivity index is 2.35. The third-order valence-corrected chi connectivity index (χ3v) is 4.01. The third kappa shape index (κ3) is 5.87. The maximum Gasteiger partial charge on any atom is 0.0625 e. The number of ether oxygens (including phenoxy) is 1. The fraction of sp³-hybridized carbons (Fsp3) is 1.00. The molecule has 0 bridgehead atoms. The van der Waals surface area contributed by atoms with E-state index < -0.39 is 0 Å². The van der Waals surface area contributed by atoms with Gasteiger partial charge in [0.25, 0.3) is 0 Å². The highest BCUT2D eigenvalue weighted by Crippen LogP contribution is 2.26. The molecule has 0 aromatic carbocycles. The van der Waals surface area contributed by atoms with Crippen molar-refractivity contribution in [3.8, 4) is 0 Å². The van der Waals surface area contributed by atoms with Crippen molar-refractivity contribution in [2.24, 2.45) is 5.92 Å². The van der Waals surface area contributed by atoms with Crippen LogP contribution in [0.2, 0.25) is 0 Å². The van der Waals surface area contributed by atoms with Crippen LogP contribution in [0, 0.1) is 5.92 Å². The summed E-state index contributed by atoms with van der Waals surface area (Å²) in [6.45, 7) is 8.64. The predicted molar refractivity (Wildman–Crippen MR) is 74.4 cm³/mol. The van der Waals surface area contributed by atoms with E-state index in [1.54, 1.807) is 0 Å². The summed E-state index contributed by atoms with van der Waals surface area (Å²) in [6, 6.07) is 0.587. The van der Waals surface area contributed by atoms with Crippen molar-refractivity contribution in [1.29, 1.82) is 0 Å². The second-order valence-electron chi connectivity index (χ2n) is 5.51.